The smallest absolute Gasteiger partial charge is 0.311 e. The fraction of sp³-hybridized carbons (Fsp3) is 0.353. The SMILES string of the molecule is COc1cc(NCc2ccnc(OC3CCOC3)c2)ccc1[N+](=O)[O-]. The lowest BCUT2D eigenvalue weighted by molar-refractivity contribution is -0.385. The van der Waals surface area contributed by atoms with Crippen molar-refractivity contribution in [3.05, 3.63) is 52.2 Å². The summed E-state index contributed by atoms with van der Waals surface area (Å²) in [5.74, 6) is 0.783. The van der Waals surface area contributed by atoms with E-state index in [9.17, 15) is 10.1 Å². The van der Waals surface area contributed by atoms with Crippen LogP contribution in [0.1, 0.15) is 12.0 Å². The van der Waals surface area contributed by atoms with Gasteiger partial charge in [-0.05, 0) is 17.7 Å². The summed E-state index contributed by atoms with van der Waals surface area (Å²) in [4.78, 5) is 14.7. The first-order valence-electron chi connectivity index (χ1n) is 7.91. The number of nitro groups is 1. The minimum Gasteiger partial charge on any atom is -0.490 e. The molecule has 1 N–H and O–H groups in total. The zero-order valence-corrected chi connectivity index (χ0v) is 13.8. The molecule has 1 saturated heterocycles. The number of methoxy groups -OCH3 is 1. The van der Waals surface area contributed by atoms with Crippen molar-refractivity contribution in [3.63, 3.8) is 0 Å². The van der Waals surface area contributed by atoms with Crippen molar-refractivity contribution in [2.45, 2.75) is 19.1 Å². The highest BCUT2D eigenvalue weighted by atomic mass is 16.6. The molecule has 1 aliphatic rings. The Balaban J connectivity index is 1.64. The van der Waals surface area contributed by atoms with Crippen LogP contribution in [0.3, 0.4) is 0 Å². The van der Waals surface area contributed by atoms with Crippen LogP contribution < -0.4 is 14.8 Å². The predicted octanol–water partition coefficient (Wildman–Crippen LogP) is 2.78. The second-order valence-corrected chi connectivity index (χ2v) is 5.60. The van der Waals surface area contributed by atoms with Crippen LogP contribution in [0, 0.1) is 10.1 Å². The van der Waals surface area contributed by atoms with Gasteiger partial charge in [-0.25, -0.2) is 4.98 Å². The average molecular weight is 345 g/mol. The van der Waals surface area contributed by atoms with Crippen LogP contribution in [0.15, 0.2) is 36.5 Å². The third-order valence-corrected chi connectivity index (χ3v) is 3.85. The van der Waals surface area contributed by atoms with E-state index in [1.54, 1.807) is 18.3 Å². The number of hydrogen-bond acceptors (Lipinski definition) is 7. The lowest BCUT2D eigenvalue weighted by atomic mass is 10.2. The molecule has 2 heterocycles. The van der Waals surface area contributed by atoms with E-state index in [0.717, 1.165) is 17.7 Å². The number of hydrogen-bond donors (Lipinski definition) is 1. The van der Waals surface area contributed by atoms with Crippen LogP contribution in [0.5, 0.6) is 11.6 Å². The zero-order valence-electron chi connectivity index (χ0n) is 13.8. The Bertz CT molecular complexity index is 747. The summed E-state index contributed by atoms with van der Waals surface area (Å²) in [6.07, 6.45) is 2.61. The highest BCUT2D eigenvalue weighted by molar-refractivity contribution is 5.58. The third-order valence-electron chi connectivity index (χ3n) is 3.85. The van der Waals surface area contributed by atoms with Gasteiger partial charge >= 0.3 is 5.69 Å². The van der Waals surface area contributed by atoms with Gasteiger partial charge in [0.1, 0.15) is 6.10 Å². The van der Waals surface area contributed by atoms with Crippen LogP contribution in [0.25, 0.3) is 0 Å². The Morgan fingerprint density at radius 1 is 1.40 bits per heavy atom. The van der Waals surface area contributed by atoms with Crippen molar-refractivity contribution in [2.24, 2.45) is 0 Å². The first-order chi connectivity index (χ1) is 12.2. The molecule has 2 aromatic rings. The summed E-state index contributed by atoms with van der Waals surface area (Å²) in [7, 11) is 1.41. The molecule has 0 aliphatic carbocycles. The summed E-state index contributed by atoms with van der Waals surface area (Å²) >= 11 is 0. The molecule has 1 atom stereocenters. The third kappa shape index (κ3) is 4.36. The number of anilines is 1. The number of benzene rings is 1. The fourth-order valence-electron chi connectivity index (χ4n) is 2.54. The summed E-state index contributed by atoms with van der Waals surface area (Å²) < 4.78 is 16.1. The number of nitrogens with one attached hydrogen (secondary N) is 1. The Morgan fingerprint density at radius 3 is 3.00 bits per heavy atom. The van der Waals surface area contributed by atoms with E-state index in [1.807, 2.05) is 12.1 Å². The van der Waals surface area contributed by atoms with E-state index in [0.29, 0.717) is 25.6 Å². The molecule has 0 radical (unpaired) electrons. The van der Waals surface area contributed by atoms with Gasteiger partial charge in [0, 0.05) is 43.0 Å². The number of nitrogens with zero attached hydrogens (tertiary/aromatic N) is 2. The van der Waals surface area contributed by atoms with Gasteiger partial charge in [-0.1, -0.05) is 0 Å². The van der Waals surface area contributed by atoms with Crippen LogP contribution in [0.2, 0.25) is 0 Å². The molecule has 1 aromatic carbocycles. The molecule has 25 heavy (non-hydrogen) atoms. The number of nitro benzene ring substituents is 1. The normalized spacial score (nSPS) is 16.4. The van der Waals surface area contributed by atoms with E-state index in [1.165, 1.54) is 13.2 Å². The number of ether oxygens (including phenoxy) is 3. The maximum Gasteiger partial charge on any atom is 0.311 e. The predicted molar refractivity (Wildman–Crippen MR) is 91.1 cm³/mol. The Labute approximate surface area is 144 Å². The second-order valence-electron chi connectivity index (χ2n) is 5.60. The molecule has 1 aliphatic heterocycles. The van der Waals surface area contributed by atoms with Gasteiger partial charge in [-0.15, -0.1) is 0 Å². The van der Waals surface area contributed by atoms with Crippen LogP contribution in [0.4, 0.5) is 11.4 Å². The Hall–Kier alpha value is -2.87. The largest absolute Gasteiger partial charge is 0.490 e. The molecule has 8 heteroatoms. The van der Waals surface area contributed by atoms with Gasteiger partial charge in [0.05, 0.1) is 25.2 Å². The summed E-state index contributed by atoms with van der Waals surface area (Å²) in [6.45, 7) is 1.83. The van der Waals surface area contributed by atoms with Crippen molar-refractivity contribution in [1.82, 2.24) is 4.98 Å². The molecule has 0 bridgehead atoms. The minimum atomic E-state index is -0.470. The molecule has 0 amide bonds. The summed E-state index contributed by atoms with van der Waals surface area (Å²) in [5.41, 5.74) is 1.65. The molecule has 1 unspecified atom stereocenters. The molecule has 132 valence electrons. The van der Waals surface area contributed by atoms with E-state index in [-0.39, 0.29) is 17.5 Å². The Kier molecular flexibility index (Phi) is 5.30. The van der Waals surface area contributed by atoms with Gasteiger partial charge in [0.15, 0.2) is 5.75 Å². The van der Waals surface area contributed by atoms with Crippen molar-refractivity contribution in [1.29, 1.82) is 0 Å². The monoisotopic (exact) mass is 345 g/mol. The lowest BCUT2D eigenvalue weighted by Gasteiger charge is -2.12. The standard InChI is InChI=1S/C17H19N3O5/c1-23-16-9-13(2-3-15(16)20(21)22)19-10-12-4-6-18-17(8-12)25-14-5-7-24-11-14/h2-4,6,8-9,14,19H,5,7,10-11H2,1H3. The van der Waals surface area contributed by atoms with E-state index >= 15 is 0 Å². The van der Waals surface area contributed by atoms with E-state index in [2.05, 4.69) is 10.3 Å². The zero-order chi connectivity index (χ0) is 17.6. The minimum absolute atomic E-state index is 0.0506. The Morgan fingerprint density at radius 2 is 2.28 bits per heavy atom. The van der Waals surface area contributed by atoms with Crippen LogP contribution >= 0.6 is 0 Å². The lowest BCUT2D eigenvalue weighted by Crippen LogP contribution is -2.16. The van der Waals surface area contributed by atoms with Gasteiger partial charge in [-0.2, -0.15) is 0 Å². The van der Waals surface area contributed by atoms with Crippen LogP contribution in [-0.2, 0) is 11.3 Å². The number of pyridine rings is 1. The van der Waals surface area contributed by atoms with Crippen molar-refractivity contribution < 1.29 is 19.1 Å². The van der Waals surface area contributed by atoms with Gasteiger partial charge in [-0.3, -0.25) is 10.1 Å². The quantitative estimate of drug-likeness (QED) is 0.609. The number of aromatic nitrogens is 1. The molecule has 8 nitrogen and oxygen atoms in total. The van der Waals surface area contributed by atoms with E-state index < -0.39 is 4.92 Å². The van der Waals surface area contributed by atoms with Crippen molar-refractivity contribution in [3.8, 4) is 11.6 Å². The number of rotatable bonds is 7. The van der Waals surface area contributed by atoms with Crippen molar-refractivity contribution >= 4 is 11.4 Å². The van der Waals surface area contributed by atoms with Crippen molar-refractivity contribution in [2.75, 3.05) is 25.6 Å². The molecule has 0 spiro atoms. The summed E-state index contributed by atoms with van der Waals surface area (Å²) in [5, 5.41) is 14.1. The van der Waals surface area contributed by atoms with Crippen LogP contribution in [-0.4, -0.2) is 36.3 Å². The maximum atomic E-state index is 10.9. The second kappa shape index (κ2) is 7.80. The molecular formula is C17H19N3O5. The molecule has 3 rings (SSSR count). The average Bonchev–Trinajstić information content (AvgIpc) is 3.13. The first kappa shape index (κ1) is 17.0. The van der Waals surface area contributed by atoms with E-state index in [4.69, 9.17) is 14.2 Å². The molecule has 0 saturated carbocycles. The van der Waals surface area contributed by atoms with Gasteiger partial charge in [0.25, 0.3) is 0 Å². The molecule has 1 aromatic heterocycles. The van der Waals surface area contributed by atoms with Gasteiger partial charge in [0.2, 0.25) is 5.88 Å². The summed E-state index contributed by atoms with van der Waals surface area (Å²) in [6, 6.07) is 8.42. The fourth-order valence-corrected chi connectivity index (χ4v) is 2.54. The molecular weight excluding hydrogens is 326 g/mol. The molecule has 1 fully saturated rings. The highest BCUT2D eigenvalue weighted by Crippen LogP contribution is 2.29. The topological polar surface area (TPSA) is 95.8 Å². The van der Waals surface area contributed by atoms with Gasteiger partial charge < -0.3 is 19.5 Å². The maximum absolute atomic E-state index is 10.9. The first-order valence-corrected chi connectivity index (χ1v) is 7.91. The highest BCUT2D eigenvalue weighted by Gasteiger charge is 2.18.